The number of pyridine rings is 1. The molecule has 0 bridgehead atoms. The predicted octanol–water partition coefficient (Wildman–Crippen LogP) is 2.58. The van der Waals surface area contributed by atoms with Gasteiger partial charge in [0.25, 0.3) is 5.56 Å². The number of hydrogen-bond acceptors (Lipinski definition) is 2. The van der Waals surface area contributed by atoms with E-state index in [-0.39, 0.29) is 10.9 Å². The highest BCUT2D eigenvalue weighted by Crippen LogP contribution is 2.18. The molecule has 21 heavy (non-hydrogen) atoms. The van der Waals surface area contributed by atoms with E-state index in [2.05, 4.69) is 11.3 Å². The maximum absolute atomic E-state index is 13.8. The van der Waals surface area contributed by atoms with Gasteiger partial charge in [-0.15, -0.1) is 0 Å². The molecule has 3 rings (SSSR count). The van der Waals surface area contributed by atoms with Crippen molar-refractivity contribution in [3.05, 3.63) is 52.7 Å². The van der Waals surface area contributed by atoms with Crippen molar-refractivity contribution in [1.29, 1.82) is 0 Å². The van der Waals surface area contributed by atoms with Crippen LogP contribution in [0.15, 0.2) is 29.1 Å². The lowest BCUT2D eigenvalue weighted by Gasteiger charge is -2.26. The molecule has 1 fully saturated rings. The van der Waals surface area contributed by atoms with Crippen LogP contribution in [0.5, 0.6) is 0 Å². The topological polar surface area (TPSA) is 25.2 Å². The molecule has 1 aromatic carbocycles. The fraction of sp³-hybridized carbons (Fsp3) is 0.375. The number of nitrogens with zero attached hydrogens (tertiary/aromatic N) is 2. The summed E-state index contributed by atoms with van der Waals surface area (Å²) in [4.78, 5) is 14.3. The highest BCUT2D eigenvalue weighted by Gasteiger charge is 2.13. The molecular weight excluding hydrogens is 274 g/mol. The van der Waals surface area contributed by atoms with Crippen molar-refractivity contribution < 1.29 is 8.78 Å². The minimum Gasteiger partial charge on any atom is -0.307 e. The number of rotatable bonds is 3. The first kappa shape index (κ1) is 14.2. The number of hydrogen-bond donors (Lipinski definition) is 0. The van der Waals surface area contributed by atoms with E-state index in [1.54, 1.807) is 0 Å². The predicted molar refractivity (Wildman–Crippen MR) is 78.1 cm³/mol. The molecule has 0 unspecified atom stereocenters. The van der Waals surface area contributed by atoms with Gasteiger partial charge >= 0.3 is 0 Å². The smallest absolute Gasteiger partial charge is 0.251 e. The first-order chi connectivity index (χ1) is 10.1. The highest BCUT2D eigenvalue weighted by atomic mass is 19.1. The monoisotopic (exact) mass is 291 g/mol. The number of likely N-dealkylation sites (tertiary alicyclic amines) is 1. The Morgan fingerprint density at radius 1 is 1.05 bits per heavy atom. The summed E-state index contributed by atoms with van der Waals surface area (Å²) in [5.74, 6) is -1.29. The molecule has 2 heterocycles. The molecule has 0 spiro atoms. The molecule has 0 N–H and O–H groups in total. The molecular formula is C16H17F2N2O. The van der Waals surface area contributed by atoms with Crippen LogP contribution in [0, 0.1) is 18.1 Å². The Labute approximate surface area is 121 Å². The zero-order valence-electron chi connectivity index (χ0n) is 11.7. The van der Waals surface area contributed by atoms with Crippen LogP contribution in [0.25, 0.3) is 10.9 Å². The number of piperidine rings is 1. The van der Waals surface area contributed by atoms with Gasteiger partial charge in [-0.25, -0.2) is 8.78 Å². The van der Waals surface area contributed by atoms with Gasteiger partial charge < -0.3 is 9.47 Å². The summed E-state index contributed by atoms with van der Waals surface area (Å²) in [6, 6.07) is 4.83. The molecule has 1 aliphatic heterocycles. The van der Waals surface area contributed by atoms with Crippen molar-refractivity contribution in [2.75, 3.05) is 19.6 Å². The third-order valence-electron chi connectivity index (χ3n) is 3.96. The summed E-state index contributed by atoms with van der Waals surface area (Å²) in [6.07, 6.45) is 4.35. The fourth-order valence-corrected chi connectivity index (χ4v) is 2.82. The Bertz CT molecular complexity index is 705. The number of halogens is 2. The van der Waals surface area contributed by atoms with Crippen LogP contribution >= 0.6 is 0 Å². The summed E-state index contributed by atoms with van der Waals surface area (Å²) in [6.45, 7) is 3.11. The second-order valence-electron chi connectivity index (χ2n) is 5.35. The molecule has 1 aliphatic rings. The van der Waals surface area contributed by atoms with Crippen LogP contribution in [-0.4, -0.2) is 29.1 Å². The molecule has 1 radical (unpaired) electrons. The first-order valence-corrected chi connectivity index (χ1v) is 7.18. The third kappa shape index (κ3) is 2.97. The highest BCUT2D eigenvalue weighted by molar-refractivity contribution is 5.79. The minimum atomic E-state index is -0.660. The van der Waals surface area contributed by atoms with Crippen LogP contribution in [0.1, 0.15) is 12.8 Å². The van der Waals surface area contributed by atoms with Crippen LogP contribution in [0.4, 0.5) is 8.78 Å². The largest absolute Gasteiger partial charge is 0.307 e. The van der Waals surface area contributed by atoms with Crippen LogP contribution in [0.2, 0.25) is 0 Å². The standard InChI is InChI=1S/C16H17F2N2O/c17-12-10-14(18)13-4-5-16(21)20(15(13)11-12)9-8-19-6-2-1-3-7-19/h1,4-5,10-11H,2-3,6-9H2. The molecule has 3 nitrogen and oxygen atoms in total. The molecule has 0 amide bonds. The molecule has 111 valence electrons. The Morgan fingerprint density at radius 3 is 2.57 bits per heavy atom. The Kier molecular flexibility index (Phi) is 4.01. The van der Waals surface area contributed by atoms with Crippen molar-refractivity contribution in [2.24, 2.45) is 0 Å². The second kappa shape index (κ2) is 5.93. The van der Waals surface area contributed by atoms with E-state index in [0.29, 0.717) is 18.6 Å². The molecule has 1 saturated heterocycles. The van der Waals surface area contributed by atoms with Crippen molar-refractivity contribution in [2.45, 2.75) is 19.4 Å². The number of benzene rings is 1. The molecule has 1 aromatic heterocycles. The molecule has 0 atom stereocenters. The summed E-state index contributed by atoms with van der Waals surface area (Å²) >= 11 is 0. The summed E-state index contributed by atoms with van der Waals surface area (Å²) in [5, 5.41) is 0.281. The maximum Gasteiger partial charge on any atom is 0.251 e. The SMILES string of the molecule is O=c1ccc2c(F)cc(F)cc2n1CCN1CC[CH]CC1. The normalized spacial score (nSPS) is 16.5. The van der Waals surface area contributed by atoms with Crippen LogP contribution in [0.3, 0.4) is 0 Å². The third-order valence-corrected chi connectivity index (χ3v) is 3.96. The van der Waals surface area contributed by atoms with Gasteiger partial charge in [-0.1, -0.05) is 0 Å². The lowest BCUT2D eigenvalue weighted by atomic mass is 10.1. The molecule has 5 heteroatoms. The van der Waals surface area contributed by atoms with E-state index >= 15 is 0 Å². The number of aromatic nitrogens is 1. The van der Waals surface area contributed by atoms with Gasteiger partial charge in [0.15, 0.2) is 0 Å². The quantitative estimate of drug-likeness (QED) is 0.868. The zero-order valence-corrected chi connectivity index (χ0v) is 11.7. The maximum atomic E-state index is 13.8. The minimum absolute atomic E-state index is 0.226. The van der Waals surface area contributed by atoms with Gasteiger partial charge in [0.05, 0.1) is 5.52 Å². The molecule has 2 aromatic rings. The van der Waals surface area contributed by atoms with Crippen molar-refractivity contribution >= 4 is 10.9 Å². The van der Waals surface area contributed by atoms with E-state index in [1.165, 1.54) is 22.8 Å². The van der Waals surface area contributed by atoms with E-state index < -0.39 is 11.6 Å². The van der Waals surface area contributed by atoms with Crippen molar-refractivity contribution in [1.82, 2.24) is 9.47 Å². The lowest BCUT2D eigenvalue weighted by molar-refractivity contribution is 0.244. The fourth-order valence-electron chi connectivity index (χ4n) is 2.82. The molecule has 0 saturated carbocycles. The van der Waals surface area contributed by atoms with E-state index in [9.17, 15) is 13.6 Å². The van der Waals surface area contributed by atoms with Crippen LogP contribution in [-0.2, 0) is 6.54 Å². The summed E-state index contributed by atoms with van der Waals surface area (Å²) in [5.41, 5.74) is 0.0969. The Morgan fingerprint density at radius 2 is 1.81 bits per heavy atom. The number of fused-ring (bicyclic) bond motifs is 1. The molecule has 0 aliphatic carbocycles. The zero-order chi connectivity index (χ0) is 14.8. The van der Waals surface area contributed by atoms with Gasteiger partial charge in [-0.3, -0.25) is 4.79 Å². The van der Waals surface area contributed by atoms with Crippen LogP contribution < -0.4 is 5.56 Å². The van der Waals surface area contributed by atoms with Gasteiger partial charge in [0.2, 0.25) is 0 Å². The summed E-state index contributed by atoms with van der Waals surface area (Å²) < 4.78 is 28.7. The Hall–Kier alpha value is -1.75. The Balaban J connectivity index is 1.93. The van der Waals surface area contributed by atoms with E-state index in [0.717, 1.165) is 32.0 Å². The van der Waals surface area contributed by atoms with Gasteiger partial charge in [0.1, 0.15) is 11.6 Å². The van der Waals surface area contributed by atoms with E-state index in [4.69, 9.17) is 0 Å². The first-order valence-electron chi connectivity index (χ1n) is 7.18. The van der Waals surface area contributed by atoms with Crippen molar-refractivity contribution in [3.63, 3.8) is 0 Å². The van der Waals surface area contributed by atoms with E-state index in [1.807, 2.05) is 0 Å². The lowest BCUT2D eigenvalue weighted by Crippen LogP contribution is -2.34. The second-order valence-corrected chi connectivity index (χ2v) is 5.35. The van der Waals surface area contributed by atoms with Gasteiger partial charge in [-0.05, 0) is 44.5 Å². The summed E-state index contributed by atoms with van der Waals surface area (Å²) in [7, 11) is 0. The average Bonchev–Trinajstić information content (AvgIpc) is 2.47. The van der Waals surface area contributed by atoms with Gasteiger partial charge in [0, 0.05) is 30.6 Å². The van der Waals surface area contributed by atoms with Crippen molar-refractivity contribution in [3.8, 4) is 0 Å². The van der Waals surface area contributed by atoms with Gasteiger partial charge in [-0.2, -0.15) is 0 Å². The average molecular weight is 291 g/mol.